The molecule has 0 spiro atoms. The zero-order valence-electron chi connectivity index (χ0n) is 10.7. The van der Waals surface area contributed by atoms with Gasteiger partial charge < -0.3 is 5.11 Å². The molecule has 1 aromatic heterocycles. The molecule has 2 aromatic rings. The first-order valence-electron chi connectivity index (χ1n) is 5.94. The lowest BCUT2D eigenvalue weighted by Gasteiger charge is -2.00. The van der Waals surface area contributed by atoms with Gasteiger partial charge in [-0.2, -0.15) is 0 Å². The Morgan fingerprint density at radius 2 is 2.00 bits per heavy atom. The van der Waals surface area contributed by atoms with Crippen LogP contribution in [0.2, 0.25) is 0 Å². The summed E-state index contributed by atoms with van der Waals surface area (Å²) < 4.78 is 12.9. The van der Waals surface area contributed by atoms with Gasteiger partial charge in [0.25, 0.3) is 0 Å². The summed E-state index contributed by atoms with van der Waals surface area (Å²) in [6, 6.07) is 5.96. The molecular weight excluding hydrogens is 265 g/mol. The van der Waals surface area contributed by atoms with E-state index in [2.05, 4.69) is 4.98 Å². The maximum atomic E-state index is 12.9. The number of rotatable bonds is 4. The summed E-state index contributed by atoms with van der Waals surface area (Å²) >= 11 is 1.41. The average molecular weight is 279 g/mol. The van der Waals surface area contributed by atoms with Gasteiger partial charge in [0, 0.05) is 16.4 Å². The molecular formula is C14H14FNO2S. The summed E-state index contributed by atoms with van der Waals surface area (Å²) in [5.74, 6) is -0.961. The van der Waals surface area contributed by atoms with Crippen molar-refractivity contribution in [3.8, 4) is 11.3 Å². The van der Waals surface area contributed by atoms with E-state index in [0.717, 1.165) is 10.6 Å². The lowest BCUT2D eigenvalue weighted by Crippen LogP contribution is -1.99. The largest absolute Gasteiger partial charge is 0.481 e. The Hall–Kier alpha value is -1.75. The van der Waals surface area contributed by atoms with E-state index in [9.17, 15) is 9.18 Å². The van der Waals surface area contributed by atoms with Crippen molar-refractivity contribution < 1.29 is 14.3 Å². The van der Waals surface area contributed by atoms with Gasteiger partial charge in [0.05, 0.1) is 17.1 Å². The van der Waals surface area contributed by atoms with Crippen LogP contribution in [0.1, 0.15) is 29.7 Å². The normalized spacial score (nSPS) is 10.9. The van der Waals surface area contributed by atoms with Gasteiger partial charge >= 0.3 is 5.97 Å². The number of carbonyl (C=O) groups is 1. The Kier molecular flexibility index (Phi) is 3.95. The van der Waals surface area contributed by atoms with Gasteiger partial charge in [-0.15, -0.1) is 11.3 Å². The zero-order valence-corrected chi connectivity index (χ0v) is 11.5. The van der Waals surface area contributed by atoms with Gasteiger partial charge in [-0.3, -0.25) is 4.79 Å². The molecule has 1 aromatic carbocycles. The Labute approximate surface area is 114 Å². The molecule has 2 rings (SSSR count). The number of benzene rings is 1. The molecule has 0 amide bonds. The van der Waals surface area contributed by atoms with E-state index in [1.54, 1.807) is 12.1 Å². The van der Waals surface area contributed by atoms with Crippen molar-refractivity contribution in [2.75, 3.05) is 0 Å². The summed E-state index contributed by atoms with van der Waals surface area (Å²) in [4.78, 5) is 16.1. The molecule has 0 radical (unpaired) electrons. The van der Waals surface area contributed by atoms with Crippen molar-refractivity contribution in [1.29, 1.82) is 0 Å². The minimum atomic E-state index is -0.887. The van der Waals surface area contributed by atoms with Crippen LogP contribution in [0.15, 0.2) is 24.3 Å². The molecule has 100 valence electrons. The van der Waals surface area contributed by atoms with E-state index in [4.69, 9.17) is 5.11 Å². The average Bonchev–Trinajstić information content (AvgIpc) is 2.73. The smallest absolute Gasteiger partial charge is 0.308 e. The molecule has 1 heterocycles. The zero-order chi connectivity index (χ0) is 14.0. The van der Waals surface area contributed by atoms with Crippen LogP contribution in [0.25, 0.3) is 11.3 Å². The first-order chi connectivity index (χ1) is 8.97. The second-order valence-electron chi connectivity index (χ2n) is 4.56. The Morgan fingerprint density at radius 1 is 1.37 bits per heavy atom. The van der Waals surface area contributed by atoms with Crippen LogP contribution in [-0.4, -0.2) is 16.1 Å². The second kappa shape index (κ2) is 5.48. The number of thiazole rings is 1. The molecule has 0 atom stereocenters. The van der Waals surface area contributed by atoms with Gasteiger partial charge in [0.1, 0.15) is 5.82 Å². The minimum Gasteiger partial charge on any atom is -0.481 e. The van der Waals surface area contributed by atoms with E-state index in [1.807, 2.05) is 13.8 Å². The van der Waals surface area contributed by atoms with Crippen molar-refractivity contribution in [3.05, 3.63) is 40.0 Å². The first-order valence-corrected chi connectivity index (χ1v) is 6.76. The van der Waals surface area contributed by atoms with E-state index < -0.39 is 5.97 Å². The highest BCUT2D eigenvalue weighted by Crippen LogP contribution is 2.32. The maximum Gasteiger partial charge on any atom is 0.308 e. The van der Waals surface area contributed by atoms with Crippen LogP contribution in [0, 0.1) is 5.82 Å². The van der Waals surface area contributed by atoms with Crippen LogP contribution < -0.4 is 0 Å². The SMILES string of the molecule is CC(C)c1nc(-c2ccc(F)cc2)c(CC(=O)O)s1. The number of carboxylic acids is 1. The third-order valence-corrected chi connectivity index (χ3v) is 3.99. The van der Waals surface area contributed by atoms with Crippen molar-refractivity contribution in [2.24, 2.45) is 0 Å². The molecule has 0 aliphatic heterocycles. The van der Waals surface area contributed by atoms with Crippen LogP contribution in [0.4, 0.5) is 4.39 Å². The number of hydrogen-bond acceptors (Lipinski definition) is 3. The molecule has 19 heavy (non-hydrogen) atoms. The highest BCUT2D eigenvalue weighted by molar-refractivity contribution is 7.12. The van der Waals surface area contributed by atoms with E-state index in [0.29, 0.717) is 10.6 Å². The van der Waals surface area contributed by atoms with Gasteiger partial charge in [-0.25, -0.2) is 9.37 Å². The Morgan fingerprint density at radius 3 is 2.53 bits per heavy atom. The number of aromatic nitrogens is 1. The molecule has 0 aliphatic rings. The third-order valence-electron chi connectivity index (χ3n) is 2.64. The monoisotopic (exact) mass is 279 g/mol. The van der Waals surface area contributed by atoms with Gasteiger partial charge in [0.2, 0.25) is 0 Å². The molecule has 0 saturated carbocycles. The highest BCUT2D eigenvalue weighted by Gasteiger charge is 2.17. The number of nitrogens with zero attached hydrogens (tertiary/aromatic N) is 1. The lowest BCUT2D eigenvalue weighted by molar-refractivity contribution is -0.136. The third kappa shape index (κ3) is 3.17. The van der Waals surface area contributed by atoms with Crippen molar-refractivity contribution >= 4 is 17.3 Å². The summed E-state index contributed by atoms with van der Waals surface area (Å²) in [6.45, 7) is 4.02. The van der Waals surface area contributed by atoms with Crippen LogP contribution in [-0.2, 0) is 11.2 Å². The number of aliphatic carboxylic acids is 1. The van der Waals surface area contributed by atoms with Gasteiger partial charge in [0.15, 0.2) is 0 Å². The summed E-state index contributed by atoms with van der Waals surface area (Å²) in [6.07, 6.45) is -0.0584. The number of hydrogen-bond donors (Lipinski definition) is 1. The first kappa shape index (κ1) is 13.7. The molecule has 0 unspecified atom stereocenters. The molecule has 0 aliphatic carbocycles. The highest BCUT2D eigenvalue weighted by atomic mass is 32.1. The van der Waals surface area contributed by atoms with Crippen molar-refractivity contribution in [3.63, 3.8) is 0 Å². The van der Waals surface area contributed by atoms with E-state index in [-0.39, 0.29) is 18.2 Å². The van der Waals surface area contributed by atoms with Crippen LogP contribution in [0.5, 0.6) is 0 Å². The Bertz CT molecular complexity index is 590. The van der Waals surface area contributed by atoms with Crippen LogP contribution >= 0.6 is 11.3 Å². The minimum absolute atomic E-state index is 0.0584. The van der Waals surface area contributed by atoms with E-state index >= 15 is 0 Å². The molecule has 3 nitrogen and oxygen atoms in total. The molecule has 5 heteroatoms. The van der Waals surface area contributed by atoms with Crippen molar-refractivity contribution in [2.45, 2.75) is 26.2 Å². The predicted molar refractivity (Wildman–Crippen MR) is 72.9 cm³/mol. The summed E-state index contributed by atoms with van der Waals surface area (Å²) in [5, 5.41) is 9.85. The summed E-state index contributed by atoms with van der Waals surface area (Å²) in [5.41, 5.74) is 1.40. The fraction of sp³-hybridized carbons (Fsp3) is 0.286. The fourth-order valence-corrected chi connectivity index (χ4v) is 2.79. The quantitative estimate of drug-likeness (QED) is 0.928. The van der Waals surface area contributed by atoms with Gasteiger partial charge in [-0.05, 0) is 24.3 Å². The topological polar surface area (TPSA) is 50.2 Å². The number of halogens is 1. The van der Waals surface area contributed by atoms with E-state index in [1.165, 1.54) is 23.5 Å². The number of carboxylic acid groups (broad SMARTS) is 1. The fourth-order valence-electron chi connectivity index (χ4n) is 1.71. The van der Waals surface area contributed by atoms with Crippen LogP contribution in [0.3, 0.4) is 0 Å². The summed E-state index contributed by atoms with van der Waals surface area (Å²) in [7, 11) is 0. The maximum absolute atomic E-state index is 12.9. The Balaban J connectivity index is 2.47. The van der Waals surface area contributed by atoms with Crippen molar-refractivity contribution in [1.82, 2.24) is 4.98 Å². The predicted octanol–water partition coefficient (Wildman–Crippen LogP) is 3.70. The standard InChI is InChI=1S/C14H14FNO2S/c1-8(2)14-16-13(11(19-14)7-12(17)18)9-3-5-10(15)6-4-9/h3-6,8H,7H2,1-2H3,(H,17,18). The lowest BCUT2D eigenvalue weighted by atomic mass is 10.1. The molecule has 0 saturated heterocycles. The molecule has 0 fully saturated rings. The second-order valence-corrected chi connectivity index (χ2v) is 5.67. The van der Waals surface area contributed by atoms with Gasteiger partial charge in [-0.1, -0.05) is 13.8 Å². The molecule has 1 N–H and O–H groups in total. The molecule has 0 bridgehead atoms.